The van der Waals surface area contributed by atoms with Gasteiger partial charge in [-0.05, 0) is 61.0 Å². The lowest BCUT2D eigenvalue weighted by Crippen LogP contribution is -2.48. The second-order valence-corrected chi connectivity index (χ2v) is 8.95. The predicted octanol–water partition coefficient (Wildman–Crippen LogP) is 5.18. The quantitative estimate of drug-likeness (QED) is 0.464. The molecule has 200 valence electrons. The molecule has 0 radical (unpaired) electrons. The third-order valence-electron chi connectivity index (χ3n) is 6.56. The summed E-state index contributed by atoms with van der Waals surface area (Å²) in [5.41, 5.74) is 4.16. The van der Waals surface area contributed by atoms with Crippen LogP contribution < -0.4 is 9.91 Å². The van der Waals surface area contributed by atoms with Crippen molar-refractivity contribution in [3.05, 3.63) is 101 Å². The van der Waals surface area contributed by atoms with Crippen molar-refractivity contribution >= 4 is 40.9 Å². The van der Waals surface area contributed by atoms with Crippen LogP contribution in [0.15, 0.2) is 89.5 Å². The lowest BCUT2D eigenvalue weighted by molar-refractivity contribution is -0.114. The number of hydrazone groups is 1. The normalized spacial score (nSPS) is 16.1. The molecule has 3 aromatic carbocycles. The first-order valence-electron chi connectivity index (χ1n) is 13.0. The van der Waals surface area contributed by atoms with E-state index in [0.717, 1.165) is 24.3 Å². The van der Waals surface area contributed by atoms with Crippen molar-refractivity contribution in [2.24, 2.45) is 5.10 Å². The second kappa shape index (κ2) is 12.2. The maximum Gasteiger partial charge on any atom is 0.335 e. The van der Waals surface area contributed by atoms with Gasteiger partial charge in [-0.1, -0.05) is 50.2 Å². The van der Waals surface area contributed by atoms with Gasteiger partial charge in [0.25, 0.3) is 11.8 Å². The molecule has 8 heteroatoms. The Morgan fingerprint density at radius 1 is 0.821 bits per heavy atom. The summed E-state index contributed by atoms with van der Waals surface area (Å²) in [6.07, 6.45) is 1.79. The smallest absolute Gasteiger partial charge is 0.335 e. The van der Waals surface area contributed by atoms with Crippen LogP contribution in [0.2, 0.25) is 0 Å². The van der Waals surface area contributed by atoms with Crippen molar-refractivity contribution < 1.29 is 19.5 Å². The Morgan fingerprint density at radius 3 is 2.10 bits per heavy atom. The van der Waals surface area contributed by atoms with Crippen LogP contribution in [-0.4, -0.2) is 59.7 Å². The molecular formula is C31H32N4O4. The van der Waals surface area contributed by atoms with E-state index in [1.165, 1.54) is 17.1 Å². The molecule has 5 rings (SSSR count). The first-order chi connectivity index (χ1) is 18.9. The van der Waals surface area contributed by atoms with Gasteiger partial charge in [0.1, 0.15) is 0 Å². The molecule has 0 spiro atoms. The molecule has 0 saturated carbocycles. The van der Waals surface area contributed by atoms with Gasteiger partial charge in [0, 0.05) is 37.4 Å². The Morgan fingerprint density at radius 2 is 1.46 bits per heavy atom. The zero-order valence-electron chi connectivity index (χ0n) is 22.4. The second-order valence-electron chi connectivity index (χ2n) is 8.95. The number of anilines is 2. The Hall–Kier alpha value is -4.72. The van der Waals surface area contributed by atoms with Crippen molar-refractivity contribution in [1.82, 2.24) is 4.90 Å². The van der Waals surface area contributed by atoms with E-state index in [4.69, 9.17) is 0 Å². The number of amides is 2. The van der Waals surface area contributed by atoms with Crippen LogP contribution in [0.25, 0.3) is 6.08 Å². The molecule has 1 saturated heterocycles. The molecule has 0 aromatic heterocycles. The van der Waals surface area contributed by atoms with Crippen molar-refractivity contribution in [3.63, 3.8) is 0 Å². The monoisotopic (exact) mass is 524 g/mol. The summed E-state index contributed by atoms with van der Waals surface area (Å²) in [5.74, 6) is -1.30. The number of benzene rings is 3. The molecule has 1 N–H and O–H groups in total. The molecular weight excluding hydrogens is 492 g/mol. The van der Waals surface area contributed by atoms with E-state index in [1.54, 1.807) is 25.1 Å². The SMILES string of the molecule is CC.CC1=NN(c2cccc(C(=O)O)c2)C(=O)/C1=C\c1ccc(N2CCN(C(=O)c3ccccc3)CC2)cc1. The first-order valence-corrected chi connectivity index (χ1v) is 13.0. The summed E-state index contributed by atoms with van der Waals surface area (Å²) in [7, 11) is 0. The Labute approximate surface area is 228 Å². The summed E-state index contributed by atoms with van der Waals surface area (Å²) >= 11 is 0. The highest BCUT2D eigenvalue weighted by Crippen LogP contribution is 2.26. The van der Waals surface area contributed by atoms with Gasteiger partial charge in [-0.25, -0.2) is 4.79 Å². The molecule has 2 aliphatic rings. The highest BCUT2D eigenvalue weighted by molar-refractivity contribution is 6.32. The van der Waals surface area contributed by atoms with Crippen molar-refractivity contribution in [2.75, 3.05) is 36.1 Å². The third kappa shape index (κ3) is 6.06. The fraction of sp³-hybridized carbons (Fsp3) is 0.226. The molecule has 39 heavy (non-hydrogen) atoms. The lowest BCUT2D eigenvalue weighted by atomic mass is 10.1. The number of carboxylic acid groups (broad SMARTS) is 1. The van der Waals surface area contributed by atoms with E-state index < -0.39 is 5.97 Å². The molecule has 3 aromatic rings. The Kier molecular flexibility index (Phi) is 8.56. The van der Waals surface area contributed by atoms with Crippen molar-refractivity contribution in [2.45, 2.75) is 20.8 Å². The first kappa shape index (κ1) is 27.3. The molecule has 0 aliphatic carbocycles. The summed E-state index contributed by atoms with van der Waals surface area (Å²) in [6, 6.07) is 23.4. The number of piperazine rings is 1. The number of rotatable bonds is 5. The number of carbonyl (C=O) groups is 3. The average Bonchev–Trinajstić information content (AvgIpc) is 3.27. The number of aromatic carboxylic acids is 1. The minimum Gasteiger partial charge on any atom is -0.478 e. The van der Waals surface area contributed by atoms with Gasteiger partial charge in [0.05, 0.1) is 22.5 Å². The standard InChI is InChI=1S/C29H26N4O4.C2H6/c1-20-26(28(35)33(30-20)25-9-5-8-23(19-25)29(36)37)18-21-10-12-24(13-11-21)31-14-16-32(17-15-31)27(34)22-6-3-2-4-7-22;1-2/h2-13,18-19H,14-17H2,1H3,(H,36,37);1-2H3/b26-18-;. The fourth-order valence-electron chi connectivity index (χ4n) is 4.51. The van der Waals surface area contributed by atoms with Crippen LogP contribution in [0.3, 0.4) is 0 Å². The number of hydrogen-bond donors (Lipinski definition) is 1. The summed E-state index contributed by atoms with van der Waals surface area (Å²) in [4.78, 5) is 41.2. The van der Waals surface area contributed by atoms with E-state index >= 15 is 0 Å². The van der Waals surface area contributed by atoms with E-state index in [1.807, 2.05) is 73.3 Å². The summed E-state index contributed by atoms with van der Waals surface area (Å²) < 4.78 is 0. The maximum atomic E-state index is 13.1. The van der Waals surface area contributed by atoms with Gasteiger partial charge in [-0.2, -0.15) is 10.1 Å². The summed E-state index contributed by atoms with van der Waals surface area (Å²) in [6.45, 7) is 8.56. The molecule has 2 aliphatic heterocycles. The van der Waals surface area contributed by atoms with Gasteiger partial charge in [-0.15, -0.1) is 0 Å². The maximum absolute atomic E-state index is 13.1. The van der Waals surface area contributed by atoms with Gasteiger partial charge in [-0.3, -0.25) is 9.59 Å². The Bertz CT molecular complexity index is 1410. The molecule has 0 atom stereocenters. The van der Waals surface area contributed by atoms with E-state index in [2.05, 4.69) is 10.0 Å². The molecule has 2 heterocycles. The van der Waals surface area contributed by atoms with E-state index in [9.17, 15) is 19.5 Å². The highest BCUT2D eigenvalue weighted by atomic mass is 16.4. The van der Waals surface area contributed by atoms with Gasteiger partial charge in [0.2, 0.25) is 0 Å². The lowest BCUT2D eigenvalue weighted by Gasteiger charge is -2.36. The van der Waals surface area contributed by atoms with Gasteiger partial charge >= 0.3 is 5.97 Å². The van der Waals surface area contributed by atoms with E-state index in [-0.39, 0.29) is 17.4 Å². The predicted molar refractivity (Wildman–Crippen MR) is 154 cm³/mol. The van der Waals surface area contributed by atoms with E-state index in [0.29, 0.717) is 35.6 Å². The number of nitrogens with zero attached hydrogens (tertiary/aromatic N) is 4. The molecule has 1 fully saturated rings. The molecule has 8 nitrogen and oxygen atoms in total. The molecule has 0 bridgehead atoms. The fourth-order valence-corrected chi connectivity index (χ4v) is 4.51. The van der Waals surface area contributed by atoms with Crippen LogP contribution >= 0.6 is 0 Å². The number of hydrogen-bond acceptors (Lipinski definition) is 5. The zero-order valence-corrected chi connectivity index (χ0v) is 22.4. The largest absolute Gasteiger partial charge is 0.478 e. The average molecular weight is 525 g/mol. The number of carbonyl (C=O) groups excluding carboxylic acids is 2. The minimum atomic E-state index is -1.06. The minimum absolute atomic E-state index is 0.0595. The van der Waals surface area contributed by atoms with Gasteiger partial charge in [0.15, 0.2) is 0 Å². The van der Waals surface area contributed by atoms with Crippen molar-refractivity contribution in [3.8, 4) is 0 Å². The molecule has 0 unspecified atom stereocenters. The van der Waals surface area contributed by atoms with Gasteiger partial charge < -0.3 is 14.9 Å². The number of carboxylic acids is 1. The van der Waals surface area contributed by atoms with Crippen LogP contribution in [0.4, 0.5) is 11.4 Å². The Balaban J connectivity index is 0.00000172. The van der Waals surface area contributed by atoms with Crippen LogP contribution in [-0.2, 0) is 4.79 Å². The van der Waals surface area contributed by atoms with Crippen molar-refractivity contribution in [1.29, 1.82) is 0 Å². The topological polar surface area (TPSA) is 93.5 Å². The molecule has 2 amide bonds. The highest BCUT2D eigenvalue weighted by Gasteiger charge is 2.29. The summed E-state index contributed by atoms with van der Waals surface area (Å²) in [5, 5.41) is 14.8. The van der Waals surface area contributed by atoms with Crippen LogP contribution in [0, 0.1) is 0 Å². The van der Waals surface area contributed by atoms with Crippen LogP contribution in [0.1, 0.15) is 47.1 Å². The third-order valence-corrected chi connectivity index (χ3v) is 6.56. The van der Waals surface area contributed by atoms with Crippen LogP contribution in [0.5, 0.6) is 0 Å². The zero-order chi connectivity index (χ0) is 27.9.